The van der Waals surface area contributed by atoms with Crippen LogP contribution < -0.4 is 5.32 Å². The lowest BCUT2D eigenvalue weighted by Crippen LogP contribution is -2.13. The van der Waals surface area contributed by atoms with E-state index >= 15 is 0 Å². The monoisotopic (exact) mass is 377 g/mol. The molecule has 1 atom stereocenters. The summed E-state index contributed by atoms with van der Waals surface area (Å²) in [5.74, 6) is 0.462. The van der Waals surface area contributed by atoms with Crippen molar-refractivity contribution >= 4 is 38.2 Å². The average Bonchev–Trinajstić information content (AvgIpc) is 2.59. The van der Waals surface area contributed by atoms with E-state index < -0.39 is 15.9 Å². The molecule has 0 amide bonds. The Labute approximate surface area is 150 Å². The number of rotatable bonds is 5. The van der Waals surface area contributed by atoms with E-state index in [9.17, 15) is 13.5 Å². The summed E-state index contributed by atoms with van der Waals surface area (Å²) in [5, 5.41) is 14.5. The summed E-state index contributed by atoms with van der Waals surface area (Å²) >= 11 is 5.84. The smallest absolute Gasteiger partial charge is 0.175 e. The van der Waals surface area contributed by atoms with E-state index in [1.165, 1.54) is 18.5 Å². The van der Waals surface area contributed by atoms with Gasteiger partial charge in [-0.1, -0.05) is 23.7 Å². The van der Waals surface area contributed by atoms with E-state index in [4.69, 9.17) is 11.6 Å². The molecule has 0 saturated heterocycles. The molecule has 2 aromatic carbocycles. The number of nitrogens with one attached hydrogen (secondary N) is 1. The maximum Gasteiger partial charge on any atom is 0.175 e. The average molecular weight is 378 g/mol. The zero-order valence-electron chi connectivity index (χ0n) is 13.3. The van der Waals surface area contributed by atoms with Gasteiger partial charge in [0, 0.05) is 23.2 Å². The van der Waals surface area contributed by atoms with Crippen LogP contribution in [0.3, 0.4) is 0 Å². The Kier molecular flexibility index (Phi) is 4.89. The maximum absolute atomic E-state index is 11.8. The fourth-order valence-corrected chi connectivity index (χ4v) is 3.18. The molecule has 130 valence electrons. The Morgan fingerprint density at radius 1 is 1.16 bits per heavy atom. The highest BCUT2D eigenvalue weighted by atomic mass is 35.5. The highest BCUT2D eigenvalue weighted by Crippen LogP contribution is 2.24. The molecule has 0 radical (unpaired) electrons. The predicted molar refractivity (Wildman–Crippen MR) is 97.5 cm³/mol. The van der Waals surface area contributed by atoms with E-state index in [0.29, 0.717) is 27.3 Å². The van der Waals surface area contributed by atoms with Gasteiger partial charge in [0.15, 0.2) is 9.84 Å². The quantitative estimate of drug-likeness (QED) is 0.710. The fourth-order valence-electron chi connectivity index (χ4n) is 2.40. The third-order valence-corrected chi connectivity index (χ3v) is 5.11. The summed E-state index contributed by atoms with van der Waals surface area (Å²) < 4.78 is 23.5. The number of nitrogens with zero attached hydrogens (tertiary/aromatic N) is 2. The van der Waals surface area contributed by atoms with Crippen molar-refractivity contribution in [2.75, 3.05) is 18.1 Å². The first-order chi connectivity index (χ1) is 11.8. The van der Waals surface area contributed by atoms with Crippen molar-refractivity contribution in [2.24, 2.45) is 0 Å². The minimum Gasteiger partial charge on any atom is -0.387 e. The Bertz CT molecular complexity index is 1010. The number of hydrogen-bond donors (Lipinski definition) is 2. The number of fused-ring (bicyclic) bond motifs is 1. The number of halogens is 1. The summed E-state index contributed by atoms with van der Waals surface area (Å²) in [6, 6.07) is 11.6. The number of aromatic nitrogens is 2. The van der Waals surface area contributed by atoms with E-state index in [2.05, 4.69) is 15.3 Å². The number of aliphatic hydroxyl groups excluding tert-OH is 1. The molecule has 1 aromatic heterocycles. The highest BCUT2D eigenvalue weighted by molar-refractivity contribution is 7.90. The van der Waals surface area contributed by atoms with Crippen LogP contribution in [0, 0.1) is 0 Å². The Morgan fingerprint density at radius 2 is 1.88 bits per heavy atom. The second kappa shape index (κ2) is 6.95. The second-order valence-electron chi connectivity index (χ2n) is 5.62. The molecule has 0 saturated carbocycles. The van der Waals surface area contributed by atoms with Crippen molar-refractivity contribution in [3.63, 3.8) is 0 Å². The maximum atomic E-state index is 11.8. The first-order valence-electron chi connectivity index (χ1n) is 7.47. The van der Waals surface area contributed by atoms with Gasteiger partial charge >= 0.3 is 0 Å². The van der Waals surface area contributed by atoms with E-state index in [1.807, 2.05) is 0 Å². The molecule has 8 heteroatoms. The van der Waals surface area contributed by atoms with Gasteiger partial charge in [0.1, 0.15) is 12.1 Å². The molecule has 3 aromatic rings. The van der Waals surface area contributed by atoms with Crippen LogP contribution in [0.25, 0.3) is 10.9 Å². The van der Waals surface area contributed by atoms with Crippen molar-refractivity contribution in [2.45, 2.75) is 11.0 Å². The van der Waals surface area contributed by atoms with Gasteiger partial charge in [-0.2, -0.15) is 0 Å². The number of sulfone groups is 1. The molecular formula is C17H16ClN3O3S. The fraction of sp³-hybridized carbons (Fsp3) is 0.176. The van der Waals surface area contributed by atoms with Crippen LogP contribution >= 0.6 is 11.6 Å². The van der Waals surface area contributed by atoms with Gasteiger partial charge in [0.05, 0.1) is 16.5 Å². The van der Waals surface area contributed by atoms with Crippen LogP contribution in [-0.4, -0.2) is 36.3 Å². The zero-order valence-corrected chi connectivity index (χ0v) is 14.9. The summed E-state index contributed by atoms with van der Waals surface area (Å²) in [5.41, 5.74) is 1.33. The summed E-state index contributed by atoms with van der Waals surface area (Å²) in [6.45, 7) is 0.205. The van der Waals surface area contributed by atoms with Crippen molar-refractivity contribution in [1.82, 2.24) is 9.97 Å². The van der Waals surface area contributed by atoms with Crippen molar-refractivity contribution in [3.05, 3.63) is 59.4 Å². The lowest BCUT2D eigenvalue weighted by molar-refractivity contribution is 0.191. The molecule has 0 aliphatic rings. The van der Waals surface area contributed by atoms with Crippen LogP contribution in [0.2, 0.25) is 5.02 Å². The summed E-state index contributed by atoms with van der Waals surface area (Å²) in [7, 11) is -3.33. The van der Waals surface area contributed by atoms with Crippen LogP contribution in [0.4, 0.5) is 5.82 Å². The van der Waals surface area contributed by atoms with E-state index in [1.54, 1.807) is 30.3 Å². The van der Waals surface area contributed by atoms with Crippen LogP contribution in [0.5, 0.6) is 0 Å². The SMILES string of the molecule is CS(=O)(=O)c1ccc2ncnc(NC[C@@H](O)c3ccc(Cl)cc3)c2c1. The van der Waals surface area contributed by atoms with Crippen molar-refractivity contribution < 1.29 is 13.5 Å². The van der Waals surface area contributed by atoms with Crippen LogP contribution in [-0.2, 0) is 9.84 Å². The van der Waals surface area contributed by atoms with Gasteiger partial charge in [-0.25, -0.2) is 18.4 Å². The van der Waals surface area contributed by atoms with Gasteiger partial charge < -0.3 is 10.4 Å². The zero-order chi connectivity index (χ0) is 18.0. The van der Waals surface area contributed by atoms with Crippen LogP contribution in [0.15, 0.2) is 53.7 Å². The van der Waals surface area contributed by atoms with E-state index in [-0.39, 0.29) is 11.4 Å². The molecule has 2 N–H and O–H groups in total. The largest absolute Gasteiger partial charge is 0.387 e. The van der Waals surface area contributed by atoms with Gasteiger partial charge in [0.25, 0.3) is 0 Å². The Morgan fingerprint density at radius 3 is 2.56 bits per heavy atom. The lowest BCUT2D eigenvalue weighted by Gasteiger charge is -2.14. The van der Waals surface area contributed by atoms with Gasteiger partial charge in [-0.15, -0.1) is 0 Å². The molecule has 0 spiro atoms. The second-order valence-corrected chi connectivity index (χ2v) is 8.07. The number of aliphatic hydroxyl groups is 1. The molecule has 6 nitrogen and oxygen atoms in total. The molecular weight excluding hydrogens is 362 g/mol. The predicted octanol–water partition coefficient (Wildman–Crippen LogP) is 2.83. The molecule has 0 unspecified atom stereocenters. The van der Waals surface area contributed by atoms with Crippen molar-refractivity contribution in [3.8, 4) is 0 Å². The molecule has 0 fully saturated rings. The standard InChI is InChI=1S/C17H16ClN3O3S/c1-25(23,24)13-6-7-15-14(8-13)17(21-10-20-15)19-9-16(22)11-2-4-12(18)5-3-11/h2-8,10,16,22H,9H2,1H3,(H,19,20,21)/t16-/m1/s1. The van der Waals surface area contributed by atoms with Gasteiger partial charge in [0.2, 0.25) is 0 Å². The summed E-state index contributed by atoms with van der Waals surface area (Å²) in [4.78, 5) is 8.49. The van der Waals surface area contributed by atoms with Crippen LogP contribution in [0.1, 0.15) is 11.7 Å². The Balaban J connectivity index is 1.86. The first-order valence-corrected chi connectivity index (χ1v) is 9.74. The molecule has 0 bridgehead atoms. The molecule has 25 heavy (non-hydrogen) atoms. The highest BCUT2D eigenvalue weighted by Gasteiger charge is 2.13. The molecule has 0 aliphatic heterocycles. The molecule has 0 aliphatic carbocycles. The van der Waals surface area contributed by atoms with E-state index in [0.717, 1.165) is 6.26 Å². The molecule has 1 heterocycles. The Hall–Kier alpha value is -2.22. The number of benzene rings is 2. The van der Waals surface area contributed by atoms with Gasteiger partial charge in [-0.3, -0.25) is 0 Å². The van der Waals surface area contributed by atoms with Gasteiger partial charge in [-0.05, 0) is 35.9 Å². The number of hydrogen-bond acceptors (Lipinski definition) is 6. The normalized spacial score (nSPS) is 12.9. The minimum atomic E-state index is -3.33. The third-order valence-electron chi connectivity index (χ3n) is 3.75. The molecule has 3 rings (SSSR count). The number of anilines is 1. The minimum absolute atomic E-state index is 0.191. The first kappa shape index (κ1) is 17.6. The lowest BCUT2D eigenvalue weighted by atomic mass is 10.1. The van der Waals surface area contributed by atoms with Crippen molar-refractivity contribution in [1.29, 1.82) is 0 Å². The third kappa shape index (κ3) is 4.07. The topological polar surface area (TPSA) is 92.2 Å². The summed E-state index contributed by atoms with van der Waals surface area (Å²) in [6.07, 6.45) is 1.77.